The predicted molar refractivity (Wildman–Crippen MR) is 100 cm³/mol. The molecule has 0 radical (unpaired) electrons. The highest BCUT2D eigenvalue weighted by Crippen LogP contribution is 2.29. The standard InChI is InChI=1S/C18H17FN8O/c19-13-9-27(18-24-6-10(5-20)7-25-18)4-2-14(13)26-15-11-1-3-22-17(11)23-8-12(15)16(21)28/h1,3,6-8,13-14H,2,4,9H2,(H2,21,28)(H2,22,23,26). The lowest BCUT2D eigenvalue weighted by molar-refractivity contribution is 0.100. The van der Waals surface area contributed by atoms with Gasteiger partial charge in [0.05, 0.1) is 41.8 Å². The van der Waals surface area contributed by atoms with Crippen LogP contribution in [0, 0.1) is 11.3 Å². The highest BCUT2D eigenvalue weighted by molar-refractivity contribution is 6.06. The molecule has 142 valence electrons. The molecule has 0 bridgehead atoms. The summed E-state index contributed by atoms with van der Waals surface area (Å²) >= 11 is 0. The molecule has 4 heterocycles. The lowest BCUT2D eigenvalue weighted by atomic mass is 10.0. The number of alkyl halides is 1. The molecule has 2 unspecified atom stereocenters. The van der Waals surface area contributed by atoms with Gasteiger partial charge in [-0.15, -0.1) is 0 Å². The Morgan fingerprint density at radius 3 is 2.82 bits per heavy atom. The smallest absolute Gasteiger partial charge is 0.252 e. The number of rotatable bonds is 4. The number of hydrogen-bond donors (Lipinski definition) is 3. The van der Waals surface area contributed by atoms with Gasteiger partial charge in [0.2, 0.25) is 5.95 Å². The molecule has 10 heteroatoms. The van der Waals surface area contributed by atoms with Gasteiger partial charge in [-0.05, 0) is 12.5 Å². The number of amides is 1. The SMILES string of the molecule is N#Cc1cnc(N2CCC(Nc3c(C(N)=O)cnc4[nH]ccc34)C(F)C2)nc1. The van der Waals surface area contributed by atoms with Crippen molar-refractivity contribution >= 4 is 28.6 Å². The lowest BCUT2D eigenvalue weighted by Gasteiger charge is -2.35. The number of fused-ring (bicyclic) bond motifs is 1. The summed E-state index contributed by atoms with van der Waals surface area (Å²) in [4.78, 5) is 28.9. The number of H-pyrrole nitrogens is 1. The number of aromatic nitrogens is 4. The van der Waals surface area contributed by atoms with Crippen LogP contribution < -0.4 is 16.0 Å². The van der Waals surface area contributed by atoms with Crippen molar-refractivity contribution in [3.8, 4) is 6.07 Å². The van der Waals surface area contributed by atoms with Gasteiger partial charge in [0.25, 0.3) is 5.91 Å². The Balaban J connectivity index is 1.54. The number of carbonyl (C=O) groups is 1. The number of piperidine rings is 1. The zero-order valence-corrected chi connectivity index (χ0v) is 14.8. The van der Waals surface area contributed by atoms with Crippen molar-refractivity contribution in [3.63, 3.8) is 0 Å². The van der Waals surface area contributed by atoms with E-state index in [0.29, 0.717) is 41.2 Å². The zero-order valence-electron chi connectivity index (χ0n) is 14.8. The first-order valence-electron chi connectivity index (χ1n) is 8.70. The molecule has 1 fully saturated rings. The number of nitriles is 1. The van der Waals surface area contributed by atoms with E-state index in [2.05, 4.69) is 25.3 Å². The first-order valence-corrected chi connectivity index (χ1v) is 8.70. The molecule has 2 atom stereocenters. The maximum atomic E-state index is 14.9. The largest absolute Gasteiger partial charge is 0.378 e. The van der Waals surface area contributed by atoms with Crippen LogP contribution in [-0.2, 0) is 0 Å². The van der Waals surface area contributed by atoms with Crippen molar-refractivity contribution in [2.75, 3.05) is 23.3 Å². The number of anilines is 2. The van der Waals surface area contributed by atoms with Gasteiger partial charge in [-0.3, -0.25) is 4.79 Å². The van der Waals surface area contributed by atoms with Crippen molar-refractivity contribution < 1.29 is 9.18 Å². The highest BCUT2D eigenvalue weighted by atomic mass is 19.1. The fourth-order valence-corrected chi connectivity index (χ4v) is 3.33. The number of hydrogen-bond acceptors (Lipinski definition) is 7. The molecule has 9 nitrogen and oxygen atoms in total. The van der Waals surface area contributed by atoms with Crippen molar-refractivity contribution in [1.29, 1.82) is 5.26 Å². The van der Waals surface area contributed by atoms with E-state index < -0.39 is 18.1 Å². The normalized spacial score (nSPS) is 19.4. The topological polar surface area (TPSA) is 137 Å². The number of aromatic amines is 1. The number of halogens is 1. The molecular formula is C18H17FN8O. The Kier molecular flexibility index (Phi) is 4.49. The molecule has 4 N–H and O–H groups in total. The summed E-state index contributed by atoms with van der Waals surface area (Å²) in [5.74, 6) is -0.244. The molecular weight excluding hydrogens is 363 g/mol. The van der Waals surface area contributed by atoms with E-state index in [0.717, 1.165) is 0 Å². The molecule has 0 saturated carbocycles. The number of pyridine rings is 1. The van der Waals surface area contributed by atoms with Crippen LogP contribution >= 0.6 is 0 Å². The van der Waals surface area contributed by atoms with E-state index in [-0.39, 0.29) is 12.1 Å². The summed E-state index contributed by atoms with van der Waals surface area (Å²) in [5.41, 5.74) is 7.11. The lowest BCUT2D eigenvalue weighted by Crippen LogP contribution is -2.48. The van der Waals surface area contributed by atoms with Gasteiger partial charge >= 0.3 is 0 Å². The van der Waals surface area contributed by atoms with Crippen LogP contribution in [0.4, 0.5) is 16.0 Å². The van der Waals surface area contributed by atoms with E-state index in [9.17, 15) is 9.18 Å². The highest BCUT2D eigenvalue weighted by Gasteiger charge is 2.31. The van der Waals surface area contributed by atoms with E-state index in [1.54, 1.807) is 17.2 Å². The number of primary amides is 1. The minimum Gasteiger partial charge on any atom is -0.378 e. The van der Waals surface area contributed by atoms with Crippen LogP contribution in [0.2, 0.25) is 0 Å². The molecule has 4 rings (SSSR count). The second-order valence-corrected chi connectivity index (χ2v) is 6.54. The summed E-state index contributed by atoms with van der Waals surface area (Å²) in [6.45, 7) is 0.619. The van der Waals surface area contributed by atoms with Crippen molar-refractivity contribution in [3.05, 3.63) is 42.0 Å². The first kappa shape index (κ1) is 17.7. The molecule has 0 spiro atoms. The van der Waals surface area contributed by atoms with Crippen LogP contribution in [0.3, 0.4) is 0 Å². The summed E-state index contributed by atoms with van der Waals surface area (Å²) < 4.78 is 14.9. The van der Waals surface area contributed by atoms with Gasteiger partial charge in [-0.1, -0.05) is 0 Å². The van der Waals surface area contributed by atoms with Gasteiger partial charge in [0, 0.05) is 24.3 Å². The molecule has 1 aliphatic rings. The Labute approximate surface area is 159 Å². The fraction of sp³-hybridized carbons (Fsp3) is 0.278. The van der Waals surface area contributed by atoms with Crippen molar-refractivity contribution in [1.82, 2.24) is 19.9 Å². The van der Waals surface area contributed by atoms with Gasteiger partial charge < -0.3 is 20.9 Å². The predicted octanol–water partition coefficient (Wildman–Crippen LogP) is 1.35. The maximum absolute atomic E-state index is 14.9. The fourth-order valence-electron chi connectivity index (χ4n) is 3.33. The number of nitrogens with zero attached hydrogens (tertiary/aromatic N) is 5. The second-order valence-electron chi connectivity index (χ2n) is 6.54. The molecule has 1 saturated heterocycles. The average Bonchev–Trinajstić information content (AvgIpc) is 3.18. The van der Waals surface area contributed by atoms with Gasteiger partial charge in [0.1, 0.15) is 17.9 Å². The summed E-state index contributed by atoms with van der Waals surface area (Å²) in [6, 6.07) is 3.22. The third-order valence-electron chi connectivity index (χ3n) is 4.77. The van der Waals surface area contributed by atoms with Crippen LogP contribution in [0.15, 0.2) is 30.9 Å². The molecule has 1 aliphatic heterocycles. The second kappa shape index (κ2) is 7.11. The number of nitrogens with one attached hydrogen (secondary N) is 2. The molecule has 3 aromatic rings. The first-order chi connectivity index (χ1) is 13.6. The monoisotopic (exact) mass is 380 g/mol. The average molecular weight is 380 g/mol. The van der Waals surface area contributed by atoms with E-state index >= 15 is 0 Å². The van der Waals surface area contributed by atoms with Crippen LogP contribution in [0.5, 0.6) is 0 Å². The van der Waals surface area contributed by atoms with Gasteiger partial charge in [-0.2, -0.15) is 5.26 Å². The minimum absolute atomic E-state index is 0.0941. The van der Waals surface area contributed by atoms with Crippen LogP contribution in [0.25, 0.3) is 11.0 Å². The molecule has 1 amide bonds. The Hall–Kier alpha value is -3.74. The van der Waals surface area contributed by atoms with Gasteiger partial charge in [0.15, 0.2) is 0 Å². The van der Waals surface area contributed by atoms with E-state index in [1.807, 2.05) is 6.07 Å². The van der Waals surface area contributed by atoms with Crippen molar-refractivity contribution in [2.24, 2.45) is 5.73 Å². The number of nitrogens with two attached hydrogens (primary N) is 1. The number of carbonyl (C=O) groups excluding carboxylic acids is 1. The molecule has 0 aromatic carbocycles. The molecule has 28 heavy (non-hydrogen) atoms. The van der Waals surface area contributed by atoms with Crippen LogP contribution in [-0.4, -0.2) is 51.1 Å². The Bertz CT molecular complexity index is 1060. The van der Waals surface area contributed by atoms with Crippen molar-refractivity contribution in [2.45, 2.75) is 18.6 Å². The molecule has 3 aromatic heterocycles. The Morgan fingerprint density at radius 2 is 2.14 bits per heavy atom. The molecule has 0 aliphatic carbocycles. The third-order valence-corrected chi connectivity index (χ3v) is 4.77. The zero-order chi connectivity index (χ0) is 19.7. The quantitative estimate of drug-likeness (QED) is 0.621. The van der Waals surface area contributed by atoms with Gasteiger partial charge in [-0.25, -0.2) is 19.3 Å². The van der Waals surface area contributed by atoms with E-state index in [1.165, 1.54) is 18.6 Å². The summed E-state index contributed by atoms with van der Waals surface area (Å²) in [7, 11) is 0. The Morgan fingerprint density at radius 1 is 1.36 bits per heavy atom. The van der Waals surface area contributed by atoms with Crippen LogP contribution in [0.1, 0.15) is 22.3 Å². The minimum atomic E-state index is -1.23. The summed E-state index contributed by atoms with van der Waals surface area (Å²) in [6.07, 6.45) is 5.16. The maximum Gasteiger partial charge on any atom is 0.252 e. The van der Waals surface area contributed by atoms with E-state index in [4.69, 9.17) is 11.0 Å². The third kappa shape index (κ3) is 3.18. The summed E-state index contributed by atoms with van der Waals surface area (Å²) in [5, 5.41) is 12.7.